The summed E-state index contributed by atoms with van der Waals surface area (Å²) in [4.78, 5) is 26.4. The maximum absolute atomic E-state index is 12.2. The van der Waals surface area contributed by atoms with Gasteiger partial charge in [0.2, 0.25) is 5.91 Å². The number of halogens is 1. The molecule has 2 rings (SSSR count). The third kappa shape index (κ3) is 6.29. The third-order valence-corrected chi connectivity index (χ3v) is 4.58. The molecule has 0 fully saturated rings. The second-order valence-electron chi connectivity index (χ2n) is 6.63. The Kier molecular flexibility index (Phi) is 7.67. The van der Waals surface area contributed by atoms with Crippen molar-refractivity contribution in [1.29, 1.82) is 0 Å². The Morgan fingerprint density at radius 1 is 1.07 bits per heavy atom. The van der Waals surface area contributed by atoms with E-state index in [1.807, 2.05) is 14.1 Å². The Labute approximate surface area is 165 Å². The summed E-state index contributed by atoms with van der Waals surface area (Å²) in [5, 5.41) is 5.89. The van der Waals surface area contributed by atoms with Gasteiger partial charge < -0.3 is 15.5 Å². The van der Waals surface area contributed by atoms with Crippen LogP contribution in [0.15, 0.2) is 48.5 Å². The maximum Gasteiger partial charge on any atom is 0.253 e. The minimum absolute atomic E-state index is 0.210. The fraction of sp³-hybridized carbons (Fsp3) is 0.333. The predicted octanol–water partition coefficient (Wildman–Crippen LogP) is 3.27. The Morgan fingerprint density at radius 2 is 1.74 bits per heavy atom. The van der Waals surface area contributed by atoms with E-state index in [2.05, 4.69) is 39.8 Å². The van der Waals surface area contributed by atoms with Crippen molar-refractivity contribution in [2.24, 2.45) is 0 Å². The van der Waals surface area contributed by atoms with E-state index in [9.17, 15) is 9.59 Å². The van der Waals surface area contributed by atoms with Gasteiger partial charge in [-0.25, -0.2) is 0 Å². The number of benzene rings is 2. The van der Waals surface area contributed by atoms with Crippen LogP contribution in [0.25, 0.3) is 0 Å². The van der Waals surface area contributed by atoms with Crippen molar-refractivity contribution < 1.29 is 9.59 Å². The molecule has 2 amide bonds. The molecule has 0 saturated carbocycles. The normalized spacial score (nSPS) is 11.6. The molecule has 2 N–H and O–H groups in total. The highest BCUT2D eigenvalue weighted by atomic mass is 35.5. The van der Waals surface area contributed by atoms with Crippen molar-refractivity contribution in [3.05, 3.63) is 64.7 Å². The molecule has 144 valence electrons. The van der Waals surface area contributed by atoms with Gasteiger partial charge in [-0.2, -0.15) is 0 Å². The maximum atomic E-state index is 12.2. The molecule has 1 atom stereocenters. The quantitative estimate of drug-likeness (QED) is 0.683. The average molecular weight is 388 g/mol. The fourth-order valence-electron chi connectivity index (χ4n) is 2.60. The minimum atomic E-state index is -0.631. The summed E-state index contributed by atoms with van der Waals surface area (Å²) in [7, 11) is 4.02. The number of anilines is 1. The first-order valence-corrected chi connectivity index (χ1v) is 9.35. The van der Waals surface area contributed by atoms with Crippen LogP contribution >= 0.6 is 11.6 Å². The van der Waals surface area contributed by atoms with Crippen LogP contribution in [0.2, 0.25) is 5.02 Å². The highest BCUT2D eigenvalue weighted by Gasteiger charge is 2.17. The molecule has 0 bridgehead atoms. The van der Waals surface area contributed by atoms with E-state index in [0.717, 1.165) is 18.5 Å². The van der Waals surface area contributed by atoms with Crippen LogP contribution in [0.3, 0.4) is 0 Å². The summed E-state index contributed by atoms with van der Waals surface area (Å²) in [6, 6.07) is 14.5. The van der Waals surface area contributed by atoms with Crippen LogP contribution in [0.5, 0.6) is 0 Å². The average Bonchev–Trinajstić information content (AvgIpc) is 2.65. The lowest BCUT2D eigenvalue weighted by Crippen LogP contribution is -2.45. The molecule has 0 aliphatic carbocycles. The minimum Gasteiger partial charge on any atom is -0.378 e. The summed E-state index contributed by atoms with van der Waals surface area (Å²) < 4.78 is 0. The lowest BCUT2D eigenvalue weighted by atomic mass is 10.1. The first-order valence-electron chi connectivity index (χ1n) is 8.98. The molecule has 0 heterocycles. The van der Waals surface area contributed by atoms with Gasteiger partial charge in [-0.15, -0.1) is 0 Å². The van der Waals surface area contributed by atoms with Crippen LogP contribution in [0, 0.1) is 0 Å². The summed E-state index contributed by atoms with van der Waals surface area (Å²) in [5.74, 6) is -0.567. The van der Waals surface area contributed by atoms with E-state index in [1.165, 1.54) is 5.56 Å². The highest BCUT2D eigenvalue weighted by molar-refractivity contribution is 6.33. The monoisotopic (exact) mass is 387 g/mol. The number of nitrogens with zero attached hydrogens (tertiary/aromatic N) is 1. The van der Waals surface area contributed by atoms with E-state index in [0.29, 0.717) is 17.1 Å². The van der Waals surface area contributed by atoms with E-state index in [1.54, 1.807) is 31.2 Å². The van der Waals surface area contributed by atoms with Gasteiger partial charge in [-0.1, -0.05) is 35.9 Å². The summed E-state index contributed by atoms with van der Waals surface area (Å²) in [5.41, 5.74) is 2.75. The van der Waals surface area contributed by atoms with Crippen LogP contribution in [-0.2, 0) is 11.2 Å². The second kappa shape index (κ2) is 9.97. The Hall–Kier alpha value is -2.53. The SMILES string of the molecule is CC(NC(=O)c1ccccc1Cl)C(=O)NCCCc1ccc(N(C)C)cc1. The van der Waals surface area contributed by atoms with Gasteiger partial charge in [-0.3, -0.25) is 9.59 Å². The van der Waals surface area contributed by atoms with E-state index < -0.39 is 6.04 Å². The topological polar surface area (TPSA) is 61.4 Å². The van der Waals surface area contributed by atoms with Crippen LogP contribution in [0.1, 0.15) is 29.3 Å². The number of hydrogen-bond donors (Lipinski definition) is 2. The zero-order chi connectivity index (χ0) is 19.8. The molecule has 0 spiro atoms. The molecule has 0 aliphatic heterocycles. The number of amides is 2. The van der Waals surface area contributed by atoms with Gasteiger partial charge in [0.15, 0.2) is 0 Å². The molecule has 5 nitrogen and oxygen atoms in total. The van der Waals surface area contributed by atoms with Gasteiger partial charge in [0, 0.05) is 26.3 Å². The van der Waals surface area contributed by atoms with Crippen molar-refractivity contribution in [3.8, 4) is 0 Å². The smallest absolute Gasteiger partial charge is 0.253 e. The van der Waals surface area contributed by atoms with Gasteiger partial charge in [0.25, 0.3) is 5.91 Å². The van der Waals surface area contributed by atoms with Crippen LogP contribution < -0.4 is 15.5 Å². The molecule has 0 saturated heterocycles. The Morgan fingerprint density at radius 3 is 2.37 bits per heavy atom. The highest BCUT2D eigenvalue weighted by Crippen LogP contribution is 2.15. The van der Waals surface area contributed by atoms with Crippen molar-refractivity contribution in [3.63, 3.8) is 0 Å². The number of carbonyl (C=O) groups is 2. The number of carbonyl (C=O) groups excluding carboxylic acids is 2. The molecular weight excluding hydrogens is 362 g/mol. The van der Waals surface area contributed by atoms with Gasteiger partial charge in [-0.05, 0) is 49.6 Å². The van der Waals surface area contributed by atoms with Crippen molar-refractivity contribution >= 4 is 29.1 Å². The van der Waals surface area contributed by atoms with Gasteiger partial charge >= 0.3 is 0 Å². The third-order valence-electron chi connectivity index (χ3n) is 4.25. The molecule has 0 aliphatic rings. The van der Waals surface area contributed by atoms with Crippen LogP contribution in [-0.4, -0.2) is 38.5 Å². The zero-order valence-corrected chi connectivity index (χ0v) is 16.7. The predicted molar refractivity (Wildman–Crippen MR) is 110 cm³/mol. The summed E-state index contributed by atoms with van der Waals surface area (Å²) in [6.45, 7) is 2.21. The molecule has 2 aromatic rings. The van der Waals surface area contributed by atoms with Crippen LogP contribution in [0.4, 0.5) is 5.69 Å². The lowest BCUT2D eigenvalue weighted by molar-refractivity contribution is -0.122. The van der Waals surface area contributed by atoms with E-state index in [4.69, 9.17) is 11.6 Å². The standard InChI is InChI=1S/C21H26ClN3O2/c1-15(24-21(27)18-8-4-5-9-19(18)22)20(26)23-14-6-7-16-10-12-17(13-11-16)25(2)3/h4-5,8-13,15H,6-7,14H2,1-3H3,(H,23,26)(H,24,27). The number of nitrogens with one attached hydrogen (secondary N) is 2. The van der Waals surface area contributed by atoms with Gasteiger partial charge in [0.1, 0.15) is 6.04 Å². The molecule has 6 heteroatoms. The van der Waals surface area contributed by atoms with Crippen molar-refractivity contribution in [1.82, 2.24) is 10.6 Å². The first-order chi connectivity index (χ1) is 12.9. The Bertz CT molecular complexity index is 775. The molecule has 0 aromatic heterocycles. The summed E-state index contributed by atoms with van der Waals surface area (Å²) >= 11 is 6.01. The lowest BCUT2D eigenvalue weighted by Gasteiger charge is -2.15. The number of aryl methyl sites for hydroxylation is 1. The van der Waals surface area contributed by atoms with Crippen molar-refractivity contribution in [2.75, 3.05) is 25.5 Å². The molecule has 0 radical (unpaired) electrons. The van der Waals surface area contributed by atoms with Gasteiger partial charge in [0.05, 0.1) is 10.6 Å². The number of hydrogen-bond acceptors (Lipinski definition) is 3. The summed E-state index contributed by atoms with van der Waals surface area (Å²) in [6.07, 6.45) is 1.71. The molecular formula is C21H26ClN3O2. The Balaban J connectivity index is 1.73. The fourth-order valence-corrected chi connectivity index (χ4v) is 2.82. The molecule has 2 aromatic carbocycles. The largest absolute Gasteiger partial charge is 0.378 e. The molecule has 1 unspecified atom stereocenters. The first kappa shape index (κ1) is 20.8. The zero-order valence-electron chi connectivity index (χ0n) is 16.0. The second-order valence-corrected chi connectivity index (χ2v) is 7.04. The van der Waals surface area contributed by atoms with E-state index in [-0.39, 0.29) is 11.8 Å². The number of rotatable bonds is 8. The van der Waals surface area contributed by atoms with Crippen molar-refractivity contribution in [2.45, 2.75) is 25.8 Å². The molecule has 27 heavy (non-hydrogen) atoms. The van der Waals surface area contributed by atoms with E-state index >= 15 is 0 Å².